The van der Waals surface area contributed by atoms with Gasteiger partial charge in [-0.15, -0.1) is 0 Å². The molecule has 1 radical (unpaired) electrons. The number of rotatable bonds is 7. The molecule has 3 amide bonds. The van der Waals surface area contributed by atoms with E-state index in [0.717, 1.165) is 6.42 Å². The lowest BCUT2D eigenvalue weighted by Gasteiger charge is -2.26. The van der Waals surface area contributed by atoms with Crippen LogP contribution in [0.5, 0.6) is 0 Å². The third-order valence-electron chi connectivity index (χ3n) is 3.63. The molecule has 0 aromatic heterocycles. The van der Waals surface area contributed by atoms with Crippen molar-refractivity contribution >= 4 is 24.0 Å². The zero-order valence-electron chi connectivity index (χ0n) is 13.3. The molecule has 1 aliphatic heterocycles. The smallest absolute Gasteiger partial charge is 0.243 e. The fourth-order valence-corrected chi connectivity index (χ4v) is 2.63. The minimum Gasteiger partial charge on any atom is -0.347 e. The lowest BCUT2D eigenvalue weighted by Crippen LogP contribution is -2.53. The quantitative estimate of drug-likeness (QED) is 0.678. The molecule has 7 heteroatoms. The zero-order chi connectivity index (χ0) is 16.7. The Balaban J connectivity index is 2.71. The summed E-state index contributed by atoms with van der Waals surface area (Å²) in [6.07, 6.45) is 3.43. The molecule has 0 bridgehead atoms. The average Bonchev–Trinajstić information content (AvgIpc) is 2.93. The van der Waals surface area contributed by atoms with Crippen LogP contribution in [-0.4, -0.2) is 54.1 Å². The molecule has 0 unspecified atom stereocenters. The molecule has 0 spiro atoms. The van der Waals surface area contributed by atoms with E-state index in [2.05, 4.69) is 10.6 Å². The number of amides is 3. The van der Waals surface area contributed by atoms with E-state index < -0.39 is 18.0 Å². The van der Waals surface area contributed by atoms with Gasteiger partial charge in [-0.2, -0.15) is 0 Å². The predicted molar refractivity (Wildman–Crippen MR) is 80.5 cm³/mol. The highest BCUT2D eigenvalue weighted by molar-refractivity contribution is 5.92. The number of likely N-dealkylation sites (tertiary alicyclic amines) is 1. The maximum absolute atomic E-state index is 12.4. The van der Waals surface area contributed by atoms with Gasteiger partial charge in [-0.3, -0.25) is 19.2 Å². The van der Waals surface area contributed by atoms with Gasteiger partial charge in [-0.1, -0.05) is 13.8 Å². The summed E-state index contributed by atoms with van der Waals surface area (Å²) in [7, 11) is 0. The highest BCUT2D eigenvalue weighted by Gasteiger charge is 2.34. The van der Waals surface area contributed by atoms with E-state index in [9.17, 15) is 19.2 Å². The van der Waals surface area contributed by atoms with Crippen LogP contribution >= 0.6 is 0 Å². The van der Waals surface area contributed by atoms with Crippen molar-refractivity contribution in [2.75, 3.05) is 13.1 Å². The molecule has 0 aromatic rings. The highest BCUT2D eigenvalue weighted by atomic mass is 16.2. The second kappa shape index (κ2) is 8.51. The first-order valence-electron chi connectivity index (χ1n) is 7.57. The standard InChI is InChI=1S/C15H24N3O4/c1-10(2)9-12(14(21)16-6-8-19)17-15(22)13-5-4-7-18(13)11(3)20/h10,12-13H,4-7,9H2,1-3H3,(H,16,21)(H,17,22)/t12-,13-/m0/s1. The first kappa shape index (κ1) is 18.1. The third-order valence-corrected chi connectivity index (χ3v) is 3.63. The summed E-state index contributed by atoms with van der Waals surface area (Å²) in [6.45, 7) is 5.68. The largest absolute Gasteiger partial charge is 0.347 e. The van der Waals surface area contributed by atoms with Gasteiger partial charge in [0.15, 0.2) is 0 Å². The first-order chi connectivity index (χ1) is 10.4. The zero-order valence-corrected chi connectivity index (χ0v) is 13.3. The van der Waals surface area contributed by atoms with Crippen LogP contribution in [0.2, 0.25) is 0 Å². The predicted octanol–water partition coefficient (Wildman–Crippen LogP) is -0.246. The summed E-state index contributed by atoms with van der Waals surface area (Å²) in [4.78, 5) is 47.7. The molecule has 1 aliphatic rings. The van der Waals surface area contributed by atoms with Gasteiger partial charge in [0.2, 0.25) is 24.0 Å². The van der Waals surface area contributed by atoms with Crippen molar-refractivity contribution in [1.29, 1.82) is 0 Å². The highest BCUT2D eigenvalue weighted by Crippen LogP contribution is 2.18. The van der Waals surface area contributed by atoms with Gasteiger partial charge >= 0.3 is 0 Å². The van der Waals surface area contributed by atoms with Gasteiger partial charge < -0.3 is 15.5 Å². The normalized spacial score (nSPS) is 18.9. The van der Waals surface area contributed by atoms with Crippen molar-refractivity contribution < 1.29 is 19.2 Å². The van der Waals surface area contributed by atoms with Crippen LogP contribution in [0.3, 0.4) is 0 Å². The Morgan fingerprint density at radius 1 is 1.32 bits per heavy atom. The van der Waals surface area contributed by atoms with Crippen molar-refractivity contribution in [3.8, 4) is 0 Å². The van der Waals surface area contributed by atoms with Crippen LogP contribution in [0, 0.1) is 5.92 Å². The number of carbonyl (C=O) groups excluding carboxylic acids is 4. The molecule has 123 valence electrons. The molecule has 1 rings (SSSR count). The number of hydrogen-bond donors (Lipinski definition) is 2. The maximum atomic E-state index is 12.4. The van der Waals surface area contributed by atoms with Crippen molar-refractivity contribution in [3.63, 3.8) is 0 Å². The number of nitrogens with one attached hydrogen (secondary N) is 2. The molecule has 0 saturated carbocycles. The fraction of sp³-hybridized carbons (Fsp3) is 0.733. The van der Waals surface area contributed by atoms with Crippen molar-refractivity contribution in [2.24, 2.45) is 5.92 Å². The van der Waals surface area contributed by atoms with Crippen molar-refractivity contribution in [3.05, 3.63) is 0 Å². The minimum atomic E-state index is -0.713. The molecular formula is C15H24N3O4. The van der Waals surface area contributed by atoms with E-state index in [-0.39, 0.29) is 24.3 Å². The Kier molecular flexibility index (Phi) is 7.01. The van der Waals surface area contributed by atoms with Crippen LogP contribution in [-0.2, 0) is 19.2 Å². The minimum absolute atomic E-state index is 0.141. The van der Waals surface area contributed by atoms with Crippen LogP contribution in [0.1, 0.15) is 40.0 Å². The van der Waals surface area contributed by atoms with Crippen LogP contribution in [0.25, 0.3) is 0 Å². The van der Waals surface area contributed by atoms with E-state index in [0.29, 0.717) is 19.4 Å². The van der Waals surface area contributed by atoms with Gasteiger partial charge in [-0.05, 0) is 25.2 Å². The lowest BCUT2D eigenvalue weighted by molar-refractivity contribution is -0.138. The summed E-state index contributed by atoms with van der Waals surface area (Å²) in [6, 6.07) is -1.23. The van der Waals surface area contributed by atoms with Crippen LogP contribution in [0.15, 0.2) is 0 Å². The average molecular weight is 310 g/mol. The molecule has 0 aliphatic carbocycles. The Morgan fingerprint density at radius 3 is 2.55 bits per heavy atom. The van der Waals surface area contributed by atoms with E-state index in [4.69, 9.17) is 0 Å². The van der Waals surface area contributed by atoms with Crippen LogP contribution in [0.4, 0.5) is 0 Å². The molecule has 1 heterocycles. The molecular weight excluding hydrogens is 286 g/mol. The second-order valence-corrected chi connectivity index (χ2v) is 5.92. The molecule has 2 atom stereocenters. The first-order valence-corrected chi connectivity index (χ1v) is 7.57. The number of nitrogens with zero attached hydrogens (tertiary/aromatic N) is 1. The second-order valence-electron chi connectivity index (χ2n) is 5.92. The monoisotopic (exact) mass is 310 g/mol. The van der Waals surface area contributed by atoms with Gasteiger partial charge in [0.25, 0.3) is 0 Å². The fourth-order valence-electron chi connectivity index (χ4n) is 2.63. The SMILES string of the molecule is CC(=O)N1CCC[C@H]1C(=O)N[C@@H](CC(C)C)C(=O)NC[C]=O. The van der Waals surface area contributed by atoms with E-state index >= 15 is 0 Å². The maximum Gasteiger partial charge on any atom is 0.243 e. The Bertz CT molecular complexity index is 437. The molecule has 22 heavy (non-hydrogen) atoms. The Hall–Kier alpha value is -1.92. The molecule has 2 N–H and O–H groups in total. The lowest BCUT2D eigenvalue weighted by atomic mass is 10.0. The Morgan fingerprint density at radius 2 is 2.00 bits per heavy atom. The van der Waals surface area contributed by atoms with E-state index in [1.807, 2.05) is 13.8 Å². The molecule has 0 aromatic carbocycles. The summed E-state index contributed by atoms with van der Waals surface area (Å²) < 4.78 is 0. The Labute approximate surface area is 130 Å². The topological polar surface area (TPSA) is 95.6 Å². The van der Waals surface area contributed by atoms with Crippen molar-refractivity contribution in [1.82, 2.24) is 15.5 Å². The summed E-state index contributed by atoms with van der Waals surface area (Å²) in [5.41, 5.74) is 0. The summed E-state index contributed by atoms with van der Waals surface area (Å²) in [5, 5.41) is 5.12. The van der Waals surface area contributed by atoms with Crippen LogP contribution < -0.4 is 10.6 Å². The van der Waals surface area contributed by atoms with Gasteiger partial charge in [0.1, 0.15) is 12.1 Å². The summed E-state index contributed by atoms with van der Waals surface area (Å²) in [5.74, 6) is -0.664. The number of hydrogen-bond acceptors (Lipinski definition) is 4. The summed E-state index contributed by atoms with van der Waals surface area (Å²) >= 11 is 0. The molecule has 1 fully saturated rings. The number of carbonyl (C=O) groups is 3. The molecule has 1 saturated heterocycles. The van der Waals surface area contributed by atoms with Gasteiger partial charge in [-0.25, -0.2) is 0 Å². The van der Waals surface area contributed by atoms with E-state index in [1.54, 1.807) is 6.29 Å². The van der Waals surface area contributed by atoms with E-state index in [1.165, 1.54) is 11.8 Å². The van der Waals surface area contributed by atoms with Gasteiger partial charge in [0.05, 0.1) is 6.54 Å². The third kappa shape index (κ3) is 5.13. The van der Waals surface area contributed by atoms with Crippen molar-refractivity contribution in [2.45, 2.75) is 52.1 Å². The van der Waals surface area contributed by atoms with Gasteiger partial charge in [0, 0.05) is 13.5 Å². The molecule has 7 nitrogen and oxygen atoms in total.